The number of fused-ring (bicyclic) bond motifs is 5. The van der Waals surface area contributed by atoms with Gasteiger partial charge in [0.2, 0.25) is 0 Å². The Bertz CT molecular complexity index is 740. The van der Waals surface area contributed by atoms with E-state index in [-0.39, 0.29) is 12.0 Å². The molecule has 3 fully saturated rings. The second-order valence-electron chi connectivity index (χ2n) is 12.1. The van der Waals surface area contributed by atoms with Crippen LogP contribution < -0.4 is 0 Å². The number of allylic oxidation sites excluding steroid dienone is 3. The molecule has 4 aliphatic carbocycles. The molecule has 9 atom stereocenters. The zero-order valence-electron chi connectivity index (χ0n) is 20.0. The third-order valence-electron chi connectivity index (χ3n) is 10.1. The van der Waals surface area contributed by atoms with Gasteiger partial charge in [-0.15, -0.1) is 0 Å². The van der Waals surface area contributed by atoms with E-state index in [9.17, 15) is 20.4 Å². The van der Waals surface area contributed by atoms with Crippen LogP contribution in [0.3, 0.4) is 0 Å². The van der Waals surface area contributed by atoms with Crippen LogP contribution in [-0.4, -0.2) is 44.8 Å². The van der Waals surface area contributed by atoms with Gasteiger partial charge in [0.1, 0.15) is 0 Å². The van der Waals surface area contributed by atoms with E-state index in [1.807, 2.05) is 0 Å². The molecule has 4 rings (SSSR count). The van der Waals surface area contributed by atoms with Crippen LogP contribution in [0.5, 0.6) is 0 Å². The number of aliphatic hydroxyl groups excluding tert-OH is 3. The van der Waals surface area contributed by atoms with E-state index >= 15 is 0 Å². The van der Waals surface area contributed by atoms with E-state index in [0.29, 0.717) is 48.3 Å². The summed E-state index contributed by atoms with van der Waals surface area (Å²) in [5.74, 6) is 2.30. The molecular formula is C27H44O4. The SMILES string of the molecule is C[C@H](CCC[C@@](C)(O)CO)[C@H]1CC[C@H]2C3=CC=C4C[C@@H](O)C[C@H](O)[C@]4(C)[C@H]3CC[C@]12C. The first kappa shape index (κ1) is 23.5. The maximum absolute atomic E-state index is 11.0. The summed E-state index contributed by atoms with van der Waals surface area (Å²) < 4.78 is 0. The van der Waals surface area contributed by atoms with Crippen molar-refractivity contribution in [2.24, 2.45) is 34.5 Å². The van der Waals surface area contributed by atoms with Crippen LogP contribution in [0.2, 0.25) is 0 Å². The van der Waals surface area contributed by atoms with Crippen molar-refractivity contribution in [1.29, 1.82) is 0 Å². The predicted octanol–water partition coefficient (Wildman–Crippen LogP) is 4.37. The minimum absolute atomic E-state index is 0.169. The zero-order chi connectivity index (χ0) is 22.6. The highest BCUT2D eigenvalue weighted by Gasteiger charge is 2.58. The lowest BCUT2D eigenvalue weighted by Crippen LogP contribution is -2.52. The van der Waals surface area contributed by atoms with Gasteiger partial charge in [-0.2, -0.15) is 0 Å². The summed E-state index contributed by atoms with van der Waals surface area (Å²) in [4.78, 5) is 0. The van der Waals surface area contributed by atoms with E-state index in [1.54, 1.807) is 12.5 Å². The topological polar surface area (TPSA) is 80.9 Å². The quantitative estimate of drug-likeness (QED) is 0.502. The number of hydrogen-bond acceptors (Lipinski definition) is 4. The molecule has 3 saturated carbocycles. The van der Waals surface area contributed by atoms with Gasteiger partial charge in [0.15, 0.2) is 0 Å². The van der Waals surface area contributed by atoms with Crippen LogP contribution in [-0.2, 0) is 0 Å². The fourth-order valence-electron chi connectivity index (χ4n) is 8.11. The molecule has 0 aromatic carbocycles. The minimum atomic E-state index is -0.958. The molecule has 0 heterocycles. The molecule has 31 heavy (non-hydrogen) atoms. The second-order valence-corrected chi connectivity index (χ2v) is 12.1. The third-order valence-corrected chi connectivity index (χ3v) is 10.1. The summed E-state index contributed by atoms with van der Waals surface area (Å²) in [6.07, 6.45) is 12.5. The Kier molecular flexibility index (Phi) is 6.26. The summed E-state index contributed by atoms with van der Waals surface area (Å²) in [5, 5.41) is 40.7. The molecular weight excluding hydrogens is 388 g/mol. The van der Waals surface area contributed by atoms with Gasteiger partial charge >= 0.3 is 0 Å². The Balaban J connectivity index is 1.51. The van der Waals surface area contributed by atoms with Crippen LogP contribution in [0, 0.1) is 34.5 Å². The molecule has 4 heteroatoms. The molecule has 0 unspecified atom stereocenters. The smallest absolute Gasteiger partial charge is 0.0849 e. The van der Waals surface area contributed by atoms with Gasteiger partial charge in [-0.05, 0) is 74.5 Å². The summed E-state index contributed by atoms with van der Waals surface area (Å²) in [5.41, 5.74) is 1.94. The first-order valence-corrected chi connectivity index (χ1v) is 12.6. The largest absolute Gasteiger partial charge is 0.393 e. The van der Waals surface area contributed by atoms with Crippen molar-refractivity contribution in [1.82, 2.24) is 0 Å². The number of hydrogen-bond donors (Lipinski definition) is 4. The van der Waals surface area contributed by atoms with Crippen LogP contribution in [0.15, 0.2) is 23.3 Å². The van der Waals surface area contributed by atoms with E-state index in [4.69, 9.17) is 0 Å². The van der Waals surface area contributed by atoms with Crippen molar-refractivity contribution >= 4 is 0 Å². The molecule has 0 radical (unpaired) electrons. The maximum atomic E-state index is 11.0. The van der Waals surface area contributed by atoms with Crippen LogP contribution in [0.1, 0.15) is 85.5 Å². The van der Waals surface area contributed by atoms with Gasteiger partial charge in [-0.25, -0.2) is 0 Å². The molecule has 0 saturated heterocycles. The Morgan fingerprint density at radius 1 is 1.13 bits per heavy atom. The van der Waals surface area contributed by atoms with Gasteiger partial charge in [-0.1, -0.05) is 56.9 Å². The first-order valence-electron chi connectivity index (χ1n) is 12.6. The van der Waals surface area contributed by atoms with E-state index in [2.05, 4.69) is 32.9 Å². The summed E-state index contributed by atoms with van der Waals surface area (Å²) in [7, 11) is 0. The molecule has 4 aliphatic rings. The molecule has 176 valence electrons. The van der Waals surface area contributed by atoms with Crippen molar-refractivity contribution in [2.75, 3.05) is 6.61 Å². The van der Waals surface area contributed by atoms with Crippen LogP contribution in [0.25, 0.3) is 0 Å². The van der Waals surface area contributed by atoms with Gasteiger partial charge in [-0.3, -0.25) is 0 Å². The Labute approximate surface area is 188 Å². The molecule has 0 aromatic rings. The van der Waals surface area contributed by atoms with Gasteiger partial charge in [0.05, 0.1) is 24.4 Å². The van der Waals surface area contributed by atoms with Crippen LogP contribution >= 0.6 is 0 Å². The van der Waals surface area contributed by atoms with Crippen molar-refractivity contribution in [3.05, 3.63) is 23.3 Å². The molecule has 0 spiro atoms. The van der Waals surface area contributed by atoms with E-state index < -0.39 is 17.8 Å². The highest BCUT2D eigenvalue weighted by molar-refractivity contribution is 5.40. The highest BCUT2D eigenvalue weighted by atomic mass is 16.3. The fourth-order valence-corrected chi connectivity index (χ4v) is 8.11. The Hall–Kier alpha value is -0.680. The predicted molar refractivity (Wildman–Crippen MR) is 123 cm³/mol. The lowest BCUT2D eigenvalue weighted by Gasteiger charge is -2.56. The van der Waals surface area contributed by atoms with Crippen LogP contribution in [0.4, 0.5) is 0 Å². The molecule has 4 N–H and O–H groups in total. The Morgan fingerprint density at radius 3 is 2.58 bits per heavy atom. The van der Waals surface area contributed by atoms with Gasteiger partial charge < -0.3 is 20.4 Å². The lowest BCUT2D eigenvalue weighted by molar-refractivity contribution is -0.0546. The summed E-state index contributed by atoms with van der Waals surface area (Å²) >= 11 is 0. The van der Waals surface area contributed by atoms with Crippen molar-refractivity contribution in [3.8, 4) is 0 Å². The normalized spacial score (nSPS) is 45.0. The standard InChI is InChI=1S/C27H44O4/c1-17(6-5-12-25(2,31)16-28)21-9-10-22-20-8-7-18-14-19(29)15-24(30)27(18,4)23(20)11-13-26(21,22)3/h7-8,17,19,21-24,28-31H,5-6,9-16H2,1-4H3/t17-,19-,21-,22+,23+,24+,25-,26-,27+/m1/s1. The van der Waals surface area contributed by atoms with E-state index in [0.717, 1.165) is 19.3 Å². The Morgan fingerprint density at radius 2 is 1.87 bits per heavy atom. The molecule has 0 bridgehead atoms. The third kappa shape index (κ3) is 3.86. The molecule has 0 aromatic heterocycles. The maximum Gasteiger partial charge on any atom is 0.0849 e. The molecule has 0 aliphatic heterocycles. The van der Waals surface area contributed by atoms with Crippen molar-refractivity contribution < 1.29 is 20.4 Å². The number of aliphatic hydroxyl groups is 4. The fraction of sp³-hybridized carbons (Fsp3) is 0.852. The lowest BCUT2D eigenvalue weighted by atomic mass is 9.49. The second kappa shape index (κ2) is 8.27. The average molecular weight is 433 g/mol. The highest BCUT2D eigenvalue weighted by Crippen LogP contribution is 2.66. The minimum Gasteiger partial charge on any atom is -0.393 e. The zero-order valence-corrected chi connectivity index (χ0v) is 20.0. The van der Waals surface area contributed by atoms with E-state index in [1.165, 1.54) is 24.8 Å². The molecule has 4 nitrogen and oxygen atoms in total. The van der Waals surface area contributed by atoms with Crippen molar-refractivity contribution in [3.63, 3.8) is 0 Å². The summed E-state index contributed by atoms with van der Waals surface area (Å²) in [6.45, 7) is 8.70. The molecule has 0 amide bonds. The monoisotopic (exact) mass is 432 g/mol. The number of rotatable bonds is 6. The van der Waals surface area contributed by atoms with Gasteiger partial charge in [0.25, 0.3) is 0 Å². The summed E-state index contributed by atoms with van der Waals surface area (Å²) in [6, 6.07) is 0. The van der Waals surface area contributed by atoms with Crippen molar-refractivity contribution in [2.45, 2.75) is 103 Å². The first-order chi connectivity index (χ1) is 14.5. The average Bonchev–Trinajstić information content (AvgIpc) is 3.06. The van der Waals surface area contributed by atoms with Gasteiger partial charge in [0, 0.05) is 11.8 Å².